The van der Waals surface area contributed by atoms with E-state index >= 15 is 0 Å². The third-order valence-electron chi connectivity index (χ3n) is 1.74. The first-order valence-electron chi connectivity index (χ1n) is 4.68. The summed E-state index contributed by atoms with van der Waals surface area (Å²) < 4.78 is 24.2. The van der Waals surface area contributed by atoms with E-state index in [1.165, 1.54) is 9.46 Å². The van der Waals surface area contributed by atoms with Crippen molar-refractivity contribution in [1.82, 2.24) is 0 Å². The van der Waals surface area contributed by atoms with Gasteiger partial charge in [0.2, 0.25) is 24.8 Å². The molecule has 0 amide bonds. The maximum atomic E-state index is 11.5. The molecule has 0 bridgehead atoms. The Kier molecular flexibility index (Phi) is 8.62. The Bertz CT molecular complexity index is 430. The summed E-state index contributed by atoms with van der Waals surface area (Å²) >= 11 is 0. The molecule has 8 heteroatoms. The van der Waals surface area contributed by atoms with E-state index in [4.69, 9.17) is 9.25 Å². The molecule has 0 spiro atoms. The van der Waals surface area contributed by atoms with Crippen molar-refractivity contribution >= 4 is 8.25 Å². The molecule has 0 atom stereocenters. The lowest BCUT2D eigenvalue weighted by molar-refractivity contribution is -0.883. The summed E-state index contributed by atoms with van der Waals surface area (Å²) in [6.07, 6.45) is 6.56. The lowest BCUT2D eigenvalue weighted by Crippen LogP contribution is -3.00. The number of hydrogen-bond donors (Lipinski definition) is 0. The molecule has 2 aromatic rings. The van der Waals surface area contributed by atoms with Gasteiger partial charge in [0.05, 0.1) is 0 Å². The first-order valence-corrected chi connectivity index (χ1v) is 5.90. The van der Waals surface area contributed by atoms with Crippen LogP contribution in [-0.4, -0.2) is 0 Å². The van der Waals surface area contributed by atoms with Gasteiger partial charge in [0.25, 0.3) is 0 Å². The molecule has 0 aliphatic heterocycles. The van der Waals surface area contributed by atoms with E-state index in [0.29, 0.717) is 0 Å². The van der Waals surface area contributed by atoms with Gasteiger partial charge in [-0.05, 0) is 0 Å². The fourth-order valence-electron chi connectivity index (χ4n) is 1.08. The Balaban J connectivity index is 0.00000144. The summed E-state index contributed by atoms with van der Waals surface area (Å²) in [4.78, 5) is 0. The van der Waals surface area contributed by atoms with Crippen molar-refractivity contribution in [3.05, 3.63) is 61.2 Å². The number of hydrogen-bond acceptors (Lipinski definition) is 3. The highest BCUT2D eigenvalue weighted by molar-refractivity contribution is 7.33. The minimum Gasteiger partial charge on any atom is -1.00 e. The topological polar surface area (TPSA) is 43.3 Å². The van der Waals surface area contributed by atoms with Gasteiger partial charge < -0.3 is 34.0 Å². The zero-order valence-electron chi connectivity index (χ0n) is 9.15. The van der Waals surface area contributed by atoms with Crippen LogP contribution in [0.25, 0.3) is 0 Å². The average Bonchev–Trinajstić information content (AvgIpc) is 2.31. The normalized spacial score (nSPS) is 8.94. The van der Waals surface area contributed by atoms with E-state index < -0.39 is 8.25 Å². The molecular formula is C10H11Br2N2O3P. The van der Waals surface area contributed by atoms with Crippen LogP contribution in [0, 0.1) is 0 Å². The predicted molar refractivity (Wildman–Crippen MR) is 55.4 cm³/mol. The predicted octanol–water partition coefficient (Wildman–Crippen LogP) is -5.78. The summed E-state index contributed by atoms with van der Waals surface area (Å²) in [6.45, 7) is 0. The number of rotatable bonds is 4. The highest BCUT2D eigenvalue weighted by Gasteiger charge is 2.13. The summed E-state index contributed by atoms with van der Waals surface area (Å²) in [5.41, 5.74) is 0. The van der Waals surface area contributed by atoms with Crippen molar-refractivity contribution in [2.24, 2.45) is 0 Å². The van der Waals surface area contributed by atoms with Gasteiger partial charge in [0, 0.05) is 33.7 Å². The quantitative estimate of drug-likeness (QED) is 0.381. The van der Waals surface area contributed by atoms with E-state index in [9.17, 15) is 4.57 Å². The van der Waals surface area contributed by atoms with Gasteiger partial charge in [-0.15, -0.1) is 0 Å². The molecule has 0 N–H and O–H groups in total. The number of halogens is 2. The average molecular weight is 398 g/mol. The van der Waals surface area contributed by atoms with Gasteiger partial charge in [-0.2, -0.15) is 9.25 Å². The zero-order valence-corrected chi connectivity index (χ0v) is 13.3. The van der Waals surface area contributed by atoms with E-state index in [2.05, 4.69) is 0 Å². The minimum atomic E-state index is -2.62. The van der Waals surface area contributed by atoms with Gasteiger partial charge >= 0.3 is 8.25 Å². The maximum absolute atomic E-state index is 11.5. The largest absolute Gasteiger partial charge is 1.00 e. The molecule has 0 saturated carbocycles. The van der Waals surface area contributed by atoms with E-state index in [0.717, 1.165) is 0 Å². The SMILES string of the molecule is O=[PH](O[n+]1ccccc1)O[n+]1ccccc1.[Br-].[Br-]. The maximum Gasteiger partial charge on any atom is 0.538 e. The van der Waals surface area contributed by atoms with Crippen LogP contribution >= 0.6 is 8.25 Å². The summed E-state index contributed by atoms with van der Waals surface area (Å²) in [5.74, 6) is 0. The Morgan fingerprint density at radius 2 is 1.00 bits per heavy atom. The summed E-state index contributed by atoms with van der Waals surface area (Å²) in [6, 6.07) is 10.7. The Hall–Kier alpha value is -0.910. The number of pyridine rings is 2. The molecule has 0 saturated heterocycles. The lowest BCUT2D eigenvalue weighted by Gasteiger charge is -1.95. The van der Waals surface area contributed by atoms with Gasteiger partial charge in [-0.1, -0.05) is 12.1 Å². The van der Waals surface area contributed by atoms with Crippen LogP contribution in [-0.2, 0) is 4.57 Å². The van der Waals surface area contributed by atoms with Crippen LogP contribution in [0.4, 0.5) is 0 Å². The van der Waals surface area contributed by atoms with Crippen LogP contribution in [0.5, 0.6) is 0 Å². The van der Waals surface area contributed by atoms with Crippen molar-refractivity contribution in [2.75, 3.05) is 0 Å². The minimum absolute atomic E-state index is 0. The van der Waals surface area contributed by atoms with Gasteiger partial charge in [0.1, 0.15) is 0 Å². The molecule has 0 fully saturated rings. The van der Waals surface area contributed by atoms with E-state index in [-0.39, 0.29) is 34.0 Å². The molecule has 2 heterocycles. The Morgan fingerprint density at radius 1 is 0.667 bits per heavy atom. The molecule has 2 aromatic heterocycles. The van der Waals surface area contributed by atoms with Crippen LogP contribution < -0.4 is 52.7 Å². The van der Waals surface area contributed by atoms with Crippen LogP contribution in [0.15, 0.2) is 61.2 Å². The van der Waals surface area contributed by atoms with Gasteiger partial charge in [-0.25, -0.2) is 4.57 Å². The second-order valence-electron chi connectivity index (χ2n) is 2.90. The number of aromatic nitrogens is 2. The Labute approximate surface area is 126 Å². The molecule has 2 rings (SSSR count). The zero-order chi connectivity index (χ0) is 11.2. The van der Waals surface area contributed by atoms with Crippen LogP contribution in [0.3, 0.4) is 0 Å². The van der Waals surface area contributed by atoms with Crippen molar-refractivity contribution in [2.45, 2.75) is 0 Å². The molecule has 0 aromatic carbocycles. The Morgan fingerprint density at radius 3 is 1.33 bits per heavy atom. The second kappa shape index (κ2) is 9.08. The van der Waals surface area contributed by atoms with Crippen LogP contribution in [0.2, 0.25) is 0 Å². The van der Waals surface area contributed by atoms with E-state index in [1.807, 2.05) is 12.1 Å². The molecular weight excluding hydrogens is 387 g/mol. The smallest absolute Gasteiger partial charge is 0.538 e. The third kappa shape index (κ3) is 5.62. The van der Waals surface area contributed by atoms with Gasteiger partial charge in [-0.3, -0.25) is 0 Å². The third-order valence-corrected chi connectivity index (χ3v) is 2.46. The lowest BCUT2D eigenvalue weighted by atomic mass is 10.5. The molecule has 0 aliphatic rings. The molecule has 0 aliphatic carbocycles. The molecule has 0 radical (unpaired) electrons. The molecule has 0 unspecified atom stereocenters. The van der Waals surface area contributed by atoms with Crippen molar-refractivity contribution in [1.29, 1.82) is 0 Å². The number of nitrogens with zero attached hydrogens (tertiary/aromatic N) is 2. The van der Waals surface area contributed by atoms with Crippen molar-refractivity contribution in [3.63, 3.8) is 0 Å². The fourth-order valence-corrected chi connectivity index (χ4v) is 1.70. The van der Waals surface area contributed by atoms with Crippen molar-refractivity contribution in [3.8, 4) is 0 Å². The standard InChI is InChI=1S/C10H11N2O3P.2BrH/c13-16(14-11-7-3-1-4-8-11)15-12-9-5-2-6-10-12;;/h1-10,16H;2*1H/q+2;;/p-2. The molecule has 98 valence electrons. The summed E-state index contributed by atoms with van der Waals surface area (Å²) in [5, 5.41) is 0. The highest BCUT2D eigenvalue weighted by atomic mass is 79.9. The van der Waals surface area contributed by atoms with E-state index in [1.54, 1.807) is 49.1 Å². The molecule has 18 heavy (non-hydrogen) atoms. The monoisotopic (exact) mass is 396 g/mol. The highest BCUT2D eigenvalue weighted by Crippen LogP contribution is 2.08. The fraction of sp³-hybridized carbons (Fsp3) is 0. The van der Waals surface area contributed by atoms with Crippen molar-refractivity contribution < 1.29 is 57.2 Å². The molecule has 5 nitrogen and oxygen atoms in total. The van der Waals surface area contributed by atoms with Gasteiger partial charge in [0.15, 0.2) is 0 Å². The summed E-state index contributed by atoms with van der Waals surface area (Å²) in [7, 11) is -2.62. The first kappa shape index (κ1) is 17.1. The first-order chi connectivity index (χ1) is 7.84. The second-order valence-corrected chi connectivity index (χ2v) is 3.77. The van der Waals surface area contributed by atoms with Crippen LogP contribution in [0.1, 0.15) is 0 Å².